The highest BCUT2D eigenvalue weighted by Gasteiger charge is 2.21. The molecule has 4 heteroatoms. The van der Waals surface area contributed by atoms with Crippen LogP contribution in [0.2, 0.25) is 0 Å². The molecule has 1 aliphatic heterocycles. The Morgan fingerprint density at radius 2 is 2.15 bits per heavy atom. The van der Waals surface area contributed by atoms with E-state index in [1.54, 1.807) is 0 Å². The summed E-state index contributed by atoms with van der Waals surface area (Å²) < 4.78 is 10.9. The second-order valence-corrected chi connectivity index (χ2v) is 6.02. The average Bonchev–Trinajstić information content (AvgIpc) is 2.37. The summed E-state index contributed by atoms with van der Waals surface area (Å²) in [6, 6.07) is 8.29. The zero-order valence-electron chi connectivity index (χ0n) is 12.4. The van der Waals surface area contributed by atoms with Crippen molar-refractivity contribution in [3.63, 3.8) is 0 Å². The van der Waals surface area contributed by atoms with Crippen LogP contribution < -0.4 is 10.1 Å². The second-order valence-electron chi connectivity index (χ2n) is 6.02. The third-order valence-electron chi connectivity index (χ3n) is 3.10. The maximum atomic E-state index is 11.7. The number of nitrogens with one attached hydrogen (secondary N) is 1. The van der Waals surface area contributed by atoms with Gasteiger partial charge in [-0.05, 0) is 26.8 Å². The van der Waals surface area contributed by atoms with E-state index in [9.17, 15) is 4.79 Å². The lowest BCUT2D eigenvalue weighted by atomic mass is 10.0. The number of para-hydroxylation sites is 1. The van der Waals surface area contributed by atoms with Gasteiger partial charge in [-0.2, -0.15) is 0 Å². The summed E-state index contributed by atoms with van der Waals surface area (Å²) in [7, 11) is 0. The summed E-state index contributed by atoms with van der Waals surface area (Å²) in [5.74, 6) is 0.777. The Balaban J connectivity index is 1.82. The molecule has 4 nitrogen and oxygen atoms in total. The first kappa shape index (κ1) is 14.9. The van der Waals surface area contributed by atoms with Gasteiger partial charge in [0, 0.05) is 24.6 Å². The first-order valence-electron chi connectivity index (χ1n) is 7.13. The van der Waals surface area contributed by atoms with Crippen molar-refractivity contribution in [1.29, 1.82) is 0 Å². The zero-order chi connectivity index (χ0) is 14.6. The molecule has 1 aliphatic rings. The van der Waals surface area contributed by atoms with Gasteiger partial charge in [-0.25, -0.2) is 0 Å². The maximum absolute atomic E-state index is 11.7. The monoisotopic (exact) mass is 277 g/mol. The van der Waals surface area contributed by atoms with Gasteiger partial charge < -0.3 is 14.8 Å². The normalized spacial score (nSPS) is 18.1. The molecule has 1 unspecified atom stereocenters. The second kappa shape index (κ2) is 6.27. The minimum Gasteiger partial charge on any atom is -0.493 e. The van der Waals surface area contributed by atoms with Crippen molar-refractivity contribution in [2.75, 3.05) is 13.2 Å². The highest BCUT2D eigenvalue weighted by Crippen LogP contribution is 2.31. The number of ether oxygens (including phenoxy) is 2. The molecule has 0 fully saturated rings. The number of esters is 1. The van der Waals surface area contributed by atoms with E-state index in [0.717, 1.165) is 12.2 Å². The maximum Gasteiger partial charge on any atom is 0.307 e. The third-order valence-corrected chi connectivity index (χ3v) is 3.10. The van der Waals surface area contributed by atoms with Crippen molar-refractivity contribution < 1.29 is 14.3 Å². The van der Waals surface area contributed by atoms with Crippen LogP contribution in [-0.2, 0) is 9.53 Å². The predicted octanol–water partition coefficient (Wildman–Crippen LogP) is 2.83. The SMILES string of the molecule is CC(C)(C)OC(=O)CCNC1CCOc2ccccc21. The van der Waals surface area contributed by atoms with Gasteiger partial charge in [0.2, 0.25) is 0 Å². The summed E-state index contributed by atoms with van der Waals surface area (Å²) in [5, 5.41) is 3.41. The average molecular weight is 277 g/mol. The molecule has 0 amide bonds. The van der Waals surface area contributed by atoms with Gasteiger partial charge in [0.25, 0.3) is 0 Å². The molecule has 1 aromatic rings. The van der Waals surface area contributed by atoms with Crippen molar-refractivity contribution in [3.05, 3.63) is 29.8 Å². The van der Waals surface area contributed by atoms with E-state index in [1.807, 2.05) is 39.0 Å². The molecule has 1 heterocycles. The van der Waals surface area contributed by atoms with Gasteiger partial charge in [-0.3, -0.25) is 4.79 Å². The molecular formula is C16H23NO3. The fourth-order valence-electron chi connectivity index (χ4n) is 2.30. The predicted molar refractivity (Wildman–Crippen MR) is 77.8 cm³/mol. The van der Waals surface area contributed by atoms with E-state index in [-0.39, 0.29) is 12.0 Å². The van der Waals surface area contributed by atoms with E-state index < -0.39 is 5.60 Å². The van der Waals surface area contributed by atoms with Crippen LogP contribution in [0.3, 0.4) is 0 Å². The molecular weight excluding hydrogens is 254 g/mol. The fraction of sp³-hybridized carbons (Fsp3) is 0.562. The molecule has 2 rings (SSSR count). The first-order valence-corrected chi connectivity index (χ1v) is 7.13. The molecule has 1 atom stereocenters. The van der Waals surface area contributed by atoms with E-state index in [0.29, 0.717) is 19.6 Å². The van der Waals surface area contributed by atoms with Crippen molar-refractivity contribution in [2.24, 2.45) is 0 Å². The lowest BCUT2D eigenvalue weighted by Gasteiger charge is -2.27. The minimum absolute atomic E-state index is 0.162. The fourth-order valence-corrected chi connectivity index (χ4v) is 2.30. The zero-order valence-corrected chi connectivity index (χ0v) is 12.4. The molecule has 0 radical (unpaired) electrons. The molecule has 1 N–H and O–H groups in total. The van der Waals surface area contributed by atoms with Crippen LogP contribution >= 0.6 is 0 Å². The Morgan fingerprint density at radius 1 is 1.40 bits per heavy atom. The first-order chi connectivity index (χ1) is 9.46. The lowest BCUT2D eigenvalue weighted by molar-refractivity contribution is -0.154. The van der Waals surface area contributed by atoms with Crippen molar-refractivity contribution in [3.8, 4) is 5.75 Å². The molecule has 110 valence electrons. The molecule has 1 aromatic carbocycles. The molecule has 0 saturated carbocycles. The number of hydrogen-bond donors (Lipinski definition) is 1. The van der Waals surface area contributed by atoms with Crippen LogP contribution in [0.15, 0.2) is 24.3 Å². The van der Waals surface area contributed by atoms with Crippen molar-refractivity contribution >= 4 is 5.97 Å². The van der Waals surface area contributed by atoms with Crippen LogP contribution in [0.4, 0.5) is 0 Å². The Labute approximate surface area is 120 Å². The third kappa shape index (κ3) is 4.23. The van der Waals surface area contributed by atoms with Gasteiger partial charge >= 0.3 is 5.97 Å². The summed E-state index contributed by atoms with van der Waals surface area (Å²) >= 11 is 0. The topological polar surface area (TPSA) is 47.6 Å². The number of hydrogen-bond acceptors (Lipinski definition) is 4. The number of carbonyl (C=O) groups excluding carboxylic acids is 1. The Kier molecular flexibility index (Phi) is 4.65. The summed E-state index contributed by atoms with van der Waals surface area (Å²) in [4.78, 5) is 11.7. The van der Waals surface area contributed by atoms with Crippen molar-refractivity contribution in [2.45, 2.75) is 45.3 Å². The summed E-state index contributed by atoms with van der Waals surface area (Å²) in [6.45, 7) is 6.97. The summed E-state index contributed by atoms with van der Waals surface area (Å²) in [5.41, 5.74) is 0.755. The van der Waals surface area contributed by atoms with Gasteiger partial charge in [0.05, 0.1) is 13.0 Å². The molecule has 20 heavy (non-hydrogen) atoms. The number of rotatable bonds is 4. The van der Waals surface area contributed by atoms with E-state index >= 15 is 0 Å². The highest BCUT2D eigenvalue weighted by molar-refractivity contribution is 5.70. The Morgan fingerprint density at radius 3 is 2.90 bits per heavy atom. The summed E-state index contributed by atoms with van der Waals surface area (Å²) in [6.07, 6.45) is 1.31. The Hall–Kier alpha value is -1.55. The number of carbonyl (C=O) groups is 1. The quantitative estimate of drug-likeness (QED) is 0.860. The minimum atomic E-state index is -0.414. The Bertz CT molecular complexity index is 465. The van der Waals surface area contributed by atoms with Gasteiger partial charge in [-0.15, -0.1) is 0 Å². The van der Waals surface area contributed by atoms with Crippen LogP contribution in [0.25, 0.3) is 0 Å². The van der Waals surface area contributed by atoms with Crippen LogP contribution in [0, 0.1) is 0 Å². The van der Waals surface area contributed by atoms with Crippen LogP contribution in [0.5, 0.6) is 5.75 Å². The molecule has 0 aliphatic carbocycles. The van der Waals surface area contributed by atoms with Crippen LogP contribution in [0.1, 0.15) is 45.2 Å². The number of benzene rings is 1. The largest absolute Gasteiger partial charge is 0.493 e. The van der Waals surface area contributed by atoms with E-state index in [2.05, 4.69) is 11.4 Å². The molecule has 0 spiro atoms. The van der Waals surface area contributed by atoms with E-state index in [1.165, 1.54) is 5.56 Å². The molecule has 0 saturated heterocycles. The van der Waals surface area contributed by atoms with Gasteiger partial charge in [0.1, 0.15) is 11.4 Å². The van der Waals surface area contributed by atoms with Crippen LogP contribution in [-0.4, -0.2) is 24.7 Å². The smallest absolute Gasteiger partial charge is 0.307 e. The number of fused-ring (bicyclic) bond motifs is 1. The molecule has 0 aromatic heterocycles. The standard InChI is InChI=1S/C16H23NO3/c1-16(2,3)20-15(18)8-10-17-13-9-11-19-14-7-5-4-6-12(13)14/h4-7,13,17H,8-11H2,1-3H3. The van der Waals surface area contributed by atoms with Crippen molar-refractivity contribution in [1.82, 2.24) is 5.32 Å². The molecule has 0 bridgehead atoms. The van der Waals surface area contributed by atoms with Gasteiger partial charge in [-0.1, -0.05) is 18.2 Å². The van der Waals surface area contributed by atoms with Gasteiger partial charge in [0.15, 0.2) is 0 Å². The highest BCUT2D eigenvalue weighted by atomic mass is 16.6. The lowest BCUT2D eigenvalue weighted by Crippen LogP contribution is -2.30. The van der Waals surface area contributed by atoms with E-state index in [4.69, 9.17) is 9.47 Å².